The van der Waals surface area contributed by atoms with Crippen molar-refractivity contribution in [3.05, 3.63) is 41.1 Å². The van der Waals surface area contributed by atoms with Gasteiger partial charge in [0.2, 0.25) is 5.89 Å². The van der Waals surface area contributed by atoms with Gasteiger partial charge in [-0.25, -0.2) is 4.79 Å². The summed E-state index contributed by atoms with van der Waals surface area (Å²) in [6.45, 7) is 3.40. The Morgan fingerprint density at radius 3 is 2.39 bits per heavy atom. The number of hydrogen-bond acceptors (Lipinski definition) is 5. The van der Waals surface area contributed by atoms with Gasteiger partial charge in [-0.05, 0) is 43.7 Å². The molecule has 2 aromatic heterocycles. The molecule has 0 amide bonds. The molecule has 3 rings (SSSR count). The summed E-state index contributed by atoms with van der Waals surface area (Å²) >= 11 is 0. The van der Waals surface area contributed by atoms with E-state index < -0.39 is 5.97 Å². The molecule has 0 saturated heterocycles. The molecule has 7 nitrogen and oxygen atoms in total. The van der Waals surface area contributed by atoms with E-state index in [9.17, 15) is 9.90 Å². The fourth-order valence-corrected chi connectivity index (χ4v) is 2.46. The maximum atomic E-state index is 11.3. The number of H-pyrrole nitrogens is 1. The molecule has 0 saturated carbocycles. The number of methoxy groups -OCH3 is 1. The zero-order valence-electron chi connectivity index (χ0n) is 12.9. The number of aromatic carboxylic acids is 1. The van der Waals surface area contributed by atoms with E-state index in [1.807, 2.05) is 12.1 Å². The van der Waals surface area contributed by atoms with Crippen molar-refractivity contribution >= 4 is 5.97 Å². The van der Waals surface area contributed by atoms with Gasteiger partial charge in [-0.2, -0.15) is 0 Å². The van der Waals surface area contributed by atoms with Gasteiger partial charge in [0, 0.05) is 11.3 Å². The summed E-state index contributed by atoms with van der Waals surface area (Å²) in [4.78, 5) is 14.3. The Morgan fingerprint density at radius 2 is 1.83 bits per heavy atom. The predicted molar refractivity (Wildman–Crippen MR) is 82.5 cm³/mol. The molecule has 0 unspecified atom stereocenters. The molecule has 0 fully saturated rings. The molecule has 3 aromatic rings. The molecule has 118 valence electrons. The van der Waals surface area contributed by atoms with Crippen LogP contribution in [0.5, 0.6) is 5.75 Å². The second-order valence-electron chi connectivity index (χ2n) is 5.07. The van der Waals surface area contributed by atoms with E-state index >= 15 is 0 Å². The van der Waals surface area contributed by atoms with Crippen molar-refractivity contribution in [1.82, 2.24) is 15.2 Å². The molecule has 0 radical (unpaired) electrons. The number of carboxylic acids is 1. The summed E-state index contributed by atoms with van der Waals surface area (Å²) in [5.41, 5.74) is 2.62. The number of ether oxygens (including phenoxy) is 1. The standard InChI is InChI=1S/C16H15N3O4/c1-8-12(16(20)21)9(2)17-13(8)15-19-18-14(23-15)10-4-6-11(22-3)7-5-10/h4-7,17H,1-3H3,(H,20,21). The van der Waals surface area contributed by atoms with E-state index in [-0.39, 0.29) is 11.5 Å². The quantitative estimate of drug-likeness (QED) is 0.767. The van der Waals surface area contributed by atoms with E-state index in [2.05, 4.69) is 15.2 Å². The largest absolute Gasteiger partial charge is 0.497 e. The zero-order chi connectivity index (χ0) is 16.6. The summed E-state index contributed by atoms with van der Waals surface area (Å²) in [5.74, 6) is 0.350. The Bertz CT molecular complexity index is 862. The van der Waals surface area contributed by atoms with E-state index in [1.165, 1.54) is 0 Å². The molecular weight excluding hydrogens is 298 g/mol. The second kappa shape index (κ2) is 5.60. The molecule has 0 atom stereocenters. The number of aromatic nitrogens is 3. The molecule has 0 aliphatic rings. The number of carboxylic acid groups (broad SMARTS) is 1. The SMILES string of the molecule is COc1ccc(-c2nnc(-c3[nH]c(C)c(C(=O)O)c3C)o2)cc1. The topological polar surface area (TPSA) is 101 Å². The van der Waals surface area contributed by atoms with Crippen molar-refractivity contribution in [2.24, 2.45) is 0 Å². The van der Waals surface area contributed by atoms with E-state index in [0.29, 0.717) is 22.8 Å². The highest BCUT2D eigenvalue weighted by Gasteiger charge is 2.21. The molecule has 1 aromatic carbocycles. The molecule has 0 bridgehead atoms. The lowest BCUT2D eigenvalue weighted by atomic mass is 10.1. The van der Waals surface area contributed by atoms with E-state index in [1.54, 1.807) is 33.1 Å². The van der Waals surface area contributed by atoms with Gasteiger partial charge in [0.15, 0.2) is 0 Å². The Labute approximate surface area is 131 Å². The average molecular weight is 313 g/mol. The van der Waals surface area contributed by atoms with Crippen LogP contribution in [-0.2, 0) is 0 Å². The first-order chi connectivity index (χ1) is 11.0. The van der Waals surface area contributed by atoms with Gasteiger partial charge < -0.3 is 19.2 Å². The maximum Gasteiger partial charge on any atom is 0.337 e. The normalized spacial score (nSPS) is 10.7. The van der Waals surface area contributed by atoms with Gasteiger partial charge in [-0.15, -0.1) is 10.2 Å². The van der Waals surface area contributed by atoms with Crippen molar-refractivity contribution in [1.29, 1.82) is 0 Å². The summed E-state index contributed by atoms with van der Waals surface area (Å²) in [6.07, 6.45) is 0. The van der Waals surface area contributed by atoms with Gasteiger partial charge in [-0.1, -0.05) is 0 Å². The molecule has 7 heteroatoms. The van der Waals surface area contributed by atoms with Crippen LogP contribution in [-0.4, -0.2) is 33.4 Å². The van der Waals surface area contributed by atoms with Crippen molar-refractivity contribution in [2.45, 2.75) is 13.8 Å². The summed E-state index contributed by atoms with van der Waals surface area (Å²) in [6, 6.07) is 7.22. The number of rotatable bonds is 4. The molecule has 2 heterocycles. The average Bonchev–Trinajstić information content (AvgIpc) is 3.12. The number of aryl methyl sites for hydroxylation is 1. The van der Waals surface area contributed by atoms with Gasteiger partial charge in [-0.3, -0.25) is 0 Å². The zero-order valence-corrected chi connectivity index (χ0v) is 12.9. The van der Waals surface area contributed by atoms with Crippen LogP contribution >= 0.6 is 0 Å². The molecule has 2 N–H and O–H groups in total. The van der Waals surface area contributed by atoms with E-state index in [0.717, 1.165) is 11.3 Å². The number of benzene rings is 1. The van der Waals surface area contributed by atoms with Gasteiger partial charge in [0.1, 0.15) is 11.4 Å². The lowest BCUT2D eigenvalue weighted by molar-refractivity contribution is 0.0695. The second-order valence-corrected chi connectivity index (χ2v) is 5.07. The third kappa shape index (κ3) is 2.57. The van der Waals surface area contributed by atoms with Crippen molar-refractivity contribution in [2.75, 3.05) is 7.11 Å². The third-order valence-electron chi connectivity index (χ3n) is 3.63. The highest BCUT2D eigenvalue weighted by atomic mass is 16.5. The monoisotopic (exact) mass is 313 g/mol. The van der Waals surface area contributed by atoms with Crippen LogP contribution in [0.3, 0.4) is 0 Å². The first kappa shape index (κ1) is 14.8. The Balaban J connectivity index is 1.99. The highest BCUT2D eigenvalue weighted by Crippen LogP contribution is 2.29. The summed E-state index contributed by atoms with van der Waals surface area (Å²) < 4.78 is 10.8. The number of nitrogens with zero attached hydrogens (tertiary/aromatic N) is 2. The minimum atomic E-state index is -0.989. The fourth-order valence-electron chi connectivity index (χ4n) is 2.46. The van der Waals surface area contributed by atoms with E-state index in [4.69, 9.17) is 9.15 Å². The van der Waals surface area contributed by atoms with Gasteiger partial charge in [0.05, 0.1) is 12.7 Å². The summed E-state index contributed by atoms with van der Waals surface area (Å²) in [7, 11) is 1.59. The number of carbonyl (C=O) groups is 1. The van der Waals surface area contributed by atoms with Crippen molar-refractivity contribution in [3.63, 3.8) is 0 Å². The van der Waals surface area contributed by atoms with Crippen molar-refractivity contribution < 1.29 is 19.1 Å². The fraction of sp³-hybridized carbons (Fsp3) is 0.188. The lowest BCUT2D eigenvalue weighted by Crippen LogP contribution is -1.98. The maximum absolute atomic E-state index is 11.3. The third-order valence-corrected chi connectivity index (χ3v) is 3.63. The molecule has 0 aliphatic carbocycles. The smallest absolute Gasteiger partial charge is 0.337 e. The summed E-state index contributed by atoms with van der Waals surface area (Å²) in [5, 5.41) is 17.3. The van der Waals surface area contributed by atoms with Crippen molar-refractivity contribution in [3.8, 4) is 28.8 Å². The Morgan fingerprint density at radius 1 is 1.17 bits per heavy atom. The van der Waals surface area contributed by atoms with Crippen LogP contribution in [0.1, 0.15) is 21.6 Å². The van der Waals surface area contributed by atoms with Crippen LogP contribution in [0.4, 0.5) is 0 Å². The molecular formula is C16H15N3O4. The van der Waals surface area contributed by atoms with Gasteiger partial charge in [0.25, 0.3) is 5.89 Å². The Kier molecular flexibility index (Phi) is 3.61. The van der Waals surface area contributed by atoms with Crippen LogP contribution in [0.25, 0.3) is 23.0 Å². The number of aromatic amines is 1. The minimum absolute atomic E-state index is 0.226. The van der Waals surface area contributed by atoms with Gasteiger partial charge >= 0.3 is 5.97 Å². The highest BCUT2D eigenvalue weighted by molar-refractivity contribution is 5.93. The number of nitrogens with one attached hydrogen (secondary N) is 1. The Hall–Kier alpha value is -3.09. The number of hydrogen-bond donors (Lipinski definition) is 2. The molecule has 0 aliphatic heterocycles. The predicted octanol–water partition coefficient (Wildman–Crippen LogP) is 3.06. The first-order valence-electron chi connectivity index (χ1n) is 6.92. The minimum Gasteiger partial charge on any atom is -0.497 e. The first-order valence-corrected chi connectivity index (χ1v) is 6.92. The van der Waals surface area contributed by atoms with Crippen LogP contribution in [0.15, 0.2) is 28.7 Å². The molecule has 0 spiro atoms. The lowest BCUT2D eigenvalue weighted by Gasteiger charge is -1.99. The van der Waals surface area contributed by atoms with Crippen LogP contribution < -0.4 is 4.74 Å². The van der Waals surface area contributed by atoms with Crippen LogP contribution in [0, 0.1) is 13.8 Å². The molecule has 23 heavy (non-hydrogen) atoms. The van der Waals surface area contributed by atoms with Crippen LogP contribution in [0.2, 0.25) is 0 Å².